The largest absolute Gasteiger partial charge is 0.491 e. The van der Waals surface area contributed by atoms with Crippen molar-refractivity contribution in [1.82, 2.24) is 14.8 Å². The minimum absolute atomic E-state index is 0.0179. The van der Waals surface area contributed by atoms with Crippen LogP contribution >= 0.6 is 11.3 Å². The molecule has 11 aromatic rings. The maximum atomic E-state index is 6.57. The van der Waals surface area contributed by atoms with E-state index in [2.05, 4.69) is 303 Å². The third-order valence-electron chi connectivity index (χ3n) is 20.9. The van der Waals surface area contributed by atoms with E-state index in [0.29, 0.717) is 39.6 Å². The van der Waals surface area contributed by atoms with Gasteiger partial charge in [0.2, 0.25) is 0 Å². The summed E-state index contributed by atoms with van der Waals surface area (Å²) in [5, 5.41) is 1.10. The van der Waals surface area contributed by atoms with Crippen molar-refractivity contribution in [2.45, 2.75) is 133 Å². The molecule has 14 nitrogen and oxygen atoms in total. The van der Waals surface area contributed by atoms with Crippen molar-refractivity contribution >= 4 is 45.1 Å². The SMILES string of the molecule is CCCOc1c(C)cccc1OC(c1ccccc1)C1CN(C)CCO1.CCCOc1cccc(C)c1OC(c1ccccc1)C1CN(C)CCO1.CCOCCOCCOc1ccc(/C=C/c2ccc(N(C)C)c(C)c2)cc1.Cc1ccc(C(C)(C)c2ccc(C)c(C)c2)cc1.Cc1ccc2nc(-c3ccc(N(C)C)c(C)c3)sc2c1. The monoisotopic (exact) mass is 1600 g/mol. The Hall–Kier alpha value is -9.81. The molecule has 0 radical (unpaired) electrons. The van der Waals surface area contributed by atoms with Gasteiger partial charge in [-0.15, -0.1) is 11.3 Å². The number of morpholine rings is 2. The highest BCUT2D eigenvalue weighted by molar-refractivity contribution is 7.21. The van der Waals surface area contributed by atoms with Crippen LogP contribution < -0.4 is 33.5 Å². The van der Waals surface area contributed by atoms with E-state index in [9.17, 15) is 0 Å². The summed E-state index contributed by atoms with van der Waals surface area (Å²) in [6, 6.07) is 76.0. The number of likely N-dealkylation sites (N-methyl/N-ethyl adjacent to an activating group) is 2. The van der Waals surface area contributed by atoms with E-state index in [1.165, 1.54) is 71.7 Å². The van der Waals surface area contributed by atoms with Crippen LogP contribution in [0.1, 0.15) is 138 Å². The molecule has 117 heavy (non-hydrogen) atoms. The van der Waals surface area contributed by atoms with Crippen LogP contribution in [0, 0.1) is 55.4 Å². The lowest BCUT2D eigenvalue weighted by molar-refractivity contribution is -0.0766. The Morgan fingerprint density at radius 2 is 1.00 bits per heavy atom. The molecule has 0 N–H and O–H groups in total. The first-order valence-corrected chi connectivity index (χ1v) is 42.4. The van der Waals surface area contributed by atoms with Crippen LogP contribution in [0.5, 0.6) is 28.7 Å². The van der Waals surface area contributed by atoms with Gasteiger partial charge in [-0.05, 0) is 228 Å². The number of rotatable bonds is 29. The molecule has 1 aromatic heterocycles. The van der Waals surface area contributed by atoms with E-state index in [4.69, 9.17) is 47.6 Å². The predicted molar refractivity (Wildman–Crippen MR) is 490 cm³/mol. The molecular weight excluding hydrogens is 1470 g/mol. The van der Waals surface area contributed by atoms with Gasteiger partial charge in [-0.2, -0.15) is 0 Å². The number of aryl methyl sites for hydroxylation is 8. The van der Waals surface area contributed by atoms with Crippen molar-refractivity contribution in [3.05, 3.63) is 296 Å². The Balaban J connectivity index is 0.000000168. The van der Waals surface area contributed by atoms with Crippen molar-refractivity contribution in [3.63, 3.8) is 0 Å². The standard InChI is InChI=1S/C23H31NO3.2C22H29NO3.C18H22.C17H18N2S/c1-5-25-14-15-26-16-17-27-22-11-8-20(9-12-22)6-7-21-10-13-23(24(3)4)19(2)18-21;1-4-14-25-21-17(2)9-8-12-19(21)26-22(18-10-6-5-7-11-18)20-16-23(3)13-15-24-20;1-4-14-24-19-12-8-9-17(2)21(19)26-22(18-10-6-5-7-11-18)20-16-23(3)13-15-25-20;1-13-6-9-16(10-7-13)18(4,5)17-11-8-14(2)15(3)12-17;1-11-5-7-14-16(9-11)20-17(18-14)13-6-8-15(19(3)4)12(2)10-13/h6-13,18H,5,14-17H2,1-4H3;2*5-12,20,22H,4,13-16H2,1-3H3;6-12H,1-5H3;5-10H,1-4H3/b7-6+;;;;. The molecule has 2 aliphatic heterocycles. The second-order valence-corrected chi connectivity index (χ2v) is 32.4. The van der Waals surface area contributed by atoms with E-state index in [-0.39, 0.29) is 29.8 Å². The highest BCUT2D eigenvalue weighted by atomic mass is 32.1. The number of fused-ring (bicyclic) bond motifs is 1. The fourth-order valence-corrected chi connectivity index (χ4v) is 15.0. The lowest BCUT2D eigenvalue weighted by Gasteiger charge is -2.35. The van der Waals surface area contributed by atoms with Gasteiger partial charge in [-0.25, -0.2) is 4.98 Å². The average Bonchev–Trinajstić information content (AvgIpc) is 1.79. The Morgan fingerprint density at radius 1 is 0.462 bits per heavy atom. The minimum Gasteiger partial charge on any atom is -0.491 e. The summed E-state index contributed by atoms with van der Waals surface area (Å²) in [4.78, 5) is 13.6. The van der Waals surface area contributed by atoms with Gasteiger partial charge in [0.15, 0.2) is 35.2 Å². The fraction of sp³-hybridized carbons (Fsp3) is 0.382. The van der Waals surface area contributed by atoms with E-state index >= 15 is 0 Å². The average molecular weight is 1600 g/mol. The van der Waals surface area contributed by atoms with Gasteiger partial charge in [-0.3, -0.25) is 0 Å². The normalized spacial score (nSPS) is 14.7. The van der Waals surface area contributed by atoms with Crippen molar-refractivity contribution in [2.24, 2.45) is 0 Å². The van der Waals surface area contributed by atoms with Gasteiger partial charge in [0.25, 0.3) is 0 Å². The number of aromatic nitrogens is 1. The molecule has 2 saturated heterocycles. The van der Waals surface area contributed by atoms with Gasteiger partial charge in [0.1, 0.15) is 29.6 Å². The summed E-state index contributed by atoms with van der Waals surface area (Å²) in [5.41, 5.74) is 22.2. The molecular formula is C102H129N5O9S. The third kappa shape index (κ3) is 27.6. The molecule has 0 spiro atoms. The molecule has 10 aromatic carbocycles. The highest BCUT2D eigenvalue weighted by Gasteiger charge is 2.33. The summed E-state index contributed by atoms with van der Waals surface area (Å²) in [6.07, 6.45) is 5.79. The quantitative estimate of drug-likeness (QED) is 0.0328. The van der Waals surface area contributed by atoms with Gasteiger partial charge >= 0.3 is 0 Å². The minimum atomic E-state index is -0.177. The van der Waals surface area contributed by atoms with Crippen LogP contribution in [0.25, 0.3) is 32.9 Å². The molecule has 4 unspecified atom stereocenters. The zero-order chi connectivity index (χ0) is 83.8. The maximum absolute atomic E-state index is 6.57. The van der Waals surface area contributed by atoms with Gasteiger partial charge in [0.05, 0.1) is 56.5 Å². The Kier molecular flexibility index (Phi) is 36.1. The number of anilines is 2. The summed E-state index contributed by atoms with van der Waals surface area (Å²) in [7, 11) is 12.5. The number of hydrogen-bond donors (Lipinski definition) is 0. The predicted octanol–water partition coefficient (Wildman–Crippen LogP) is 22.7. The van der Waals surface area contributed by atoms with Crippen LogP contribution in [0.2, 0.25) is 0 Å². The molecule has 3 heterocycles. The number of thiazole rings is 1. The number of benzene rings is 10. The second-order valence-electron chi connectivity index (χ2n) is 31.4. The van der Waals surface area contributed by atoms with E-state index in [1.807, 2.05) is 79.7 Å². The molecule has 15 heteroatoms. The number of hydrogen-bond acceptors (Lipinski definition) is 15. The Morgan fingerprint density at radius 3 is 1.58 bits per heavy atom. The lowest BCUT2D eigenvalue weighted by atomic mass is 9.77. The molecule has 0 aliphatic carbocycles. The molecule has 0 bridgehead atoms. The molecule has 0 saturated carbocycles. The van der Waals surface area contributed by atoms with Gasteiger partial charge in [0, 0.05) is 83.3 Å². The van der Waals surface area contributed by atoms with Crippen LogP contribution in [0.3, 0.4) is 0 Å². The third-order valence-corrected chi connectivity index (χ3v) is 21.9. The molecule has 4 atom stereocenters. The van der Waals surface area contributed by atoms with Crippen LogP contribution in [0.15, 0.2) is 218 Å². The number of nitrogens with zero attached hydrogens (tertiary/aromatic N) is 5. The van der Waals surface area contributed by atoms with Crippen molar-refractivity contribution < 1.29 is 42.6 Å². The van der Waals surface area contributed by atoms with E-state index < -0.39 is 0 Å². The zero-order valence-corrected chi connectivity index (χ0v) is 74.0. The van der Waals surface area contributed by atoms with Crippen LogP contribution in [0.4, 0.5) is 11.4 Å². The topological polar surface area (TPSA) is 109 Å². The smallest absolute Gasteiger partial charge is 0.165 e. The maximum Gasteiger partial charge on any atom is 0.165 e. The first-order valence-electron chi connectivity index (χ1n) is 41.6. The summed E-state index contributed by atoms with van der Waals surface area (Å²) in [6.45, 7) is 37.2. The van der Waals surface area contributed by atoms with Gasteiger partial charge in [-0.1, -0.05) is 197 Å². The van der Waals surface area contributed by atoms with Crippen molar-refractivity contribution in [1.29, 1.82) is 0 Å². The van der Waals surface area contributed by atoms with Crippen molar-refractivity contribution in [3.8, 4) is 39.3 Å². The Labute approximate surface area is 704 Å². The first-order chi connectivity index (χ1) is 56.4. The fourth-order valence-electron chi connectivity index (χ4n) is 13.9. The van der Waals surface area contributed by atoms with E-state index in [0.717, 1.165) is 126 Å². The molecule has 2 fully saturated rings. The summed E-state index contributed by atoms with van der Waals surface area (Å²) >= 11 is 1.76. The molecule has 0 amide bonds. The number of ether oxygens (including phenoxy) is 9. The van der Waals surface area contributed by atoms with E-state index in [1.54, 1.807) is 11.3 Å². The summed E-state index contributed by atoms with van der Waals surface area (Å²) < 4.78 is 54.8. The lowest BCUT2D eigenvalue weighted by Crippen LogP contribution is -2.44. The van der Waals surface area contributed by atoms with Crippen LogP contribution in [-0.4, -0.2) is 155 Å². The molecule has 622 valence electrons. The van der Waals surface area contributed by atoms with Gasteiger partial charge < -0.3 is 62.2 Å². The first kappa shape index (κ1) is 91.1. The van der Waals surface area contributed by atoms with Crippen LogP contribution in [-0.2, 0) is 24.4 Å². The molecule has 13 rings (SSSR count). The summed E-state index contributed by atoms with van der Waals surface area (Å²) in [5.74, 6) is 4.08. The van der Waals surface area contributed by atoms with Crippen molar-refractivity contribution in [2.75, 3.05) is 138 Å². The Bertz CT molecular complexity index is 4820. The second kappa shape index (κ2) is 46.4. The zero-order valence-electron chi connectivity index (χ0n) is 73.2. The number of para-hydroxylation sites is 2. The molecule has 2 aliphatic rings. The highest BCUT2D eigenvalue weighted by Crippen LogP contribution is 2.40.